The van der Waals surface area contributed by atoms with Crippen molar-refractivity contribution in [1.82, 2.24) is 18.7 Å². The molecule has 4 rings (SSSR count). The Balaban J connectivity index is 1.96. The van der Waals surface area contributed by atoms with E-state index in [0.29, 0.717) is 23.7 Å². The van der Waals surface area contributed by atoms with E-state index in [-0.39, 0.29) is 12.5 Å². The number of imidazole rings is 1. The lowest BCUT2D eigenvalue weighted by molar-refractivity contribution is -0.143. The van der Waals surface area contributed by atoms with E-state index < -0.39 is 23.8 Å². The van der Waals surface area contributed by atoms with Crippen LogP contribution in [-0.4, -0.2) is 37.8 Å². The van der Waals surface area contributed by atoms with Gasteiger partial charge in [-0.2, -0.15) is 4.98 Å². The van der Waals surface area contributed by atoms with E-state index in [1.165, 1.54) is 4.57 Å². The maximum Gasteiger partial charge on any atom is 0.333 e. The molecule has 0 saturated carbocycles. The topological polar surface area (TPSA) is 91.4 Å². The van der Waals surface area contributed by atoms with Crippen LogP contribution in [0.5, 0.6) is 0 Å². The van der Waals surface area contributed by atoms with Gasteiger partial charge in [-0.1, -0.05) is 25.1 Å². The standard InChI is InChI=1S/C21H25N5O4/c1-5-30-16(27)12-26-19(28)17-18(23(4)21(26)29)22-20-24(10-13(2)11-25(17)20)15-9-7-6-8-14(15)3/h6-9,13H,5,10-12H2,1-4H3. The second kappa shape index (κ2) is 7.47. The number of benzene rings is 1. The van der Waals surface area contributed by atoms with Gasteiger partial charge < -0.3 is 14.2 Å². The number of carbonyl (C=O) groups is 1. The molecule has 0 fully saturated rings. The molecule has 30 heavy (non-hydrogen) atoms. The molecule has 9 heteroatoms. The minimum atomic E-state index is -0.621. The number of hydrogen-bond donors (Lipinski definition) is 0. The number of rotatable bonds is 4. The van der Waals surface area contributed by atoms with Crippen LogP contribution in [0.25, 0.3) is 11.2 Å². The van der Waals surface area contributed by atoms with Gasteiger partial charge in [-0.3, -0.25) is 14.2 Å². The Morgan fingerprint density at radius 2 is 1.97 bits per heavy atom. The van der Waals surface area contributed by atoms with Crippen LogP contribution in [0.3, 0.4) is 0 Å². The van der Waals surface area contributed by atoms with Gasteiger partial charge in [0.05, 0.1) is 6.61 Å². The van der Waals surface area contributed by atoms with E-state index in [1.54, 1.807) is 14.0 Å². The summed E-state index contributed by atoms with van der Waals surface area (Å²) < 4.78 is 9.03. The van der Waals surface area contributed by atoms with Crippen LogP contribution in [0.4, 0.5) is 11.6 Å². The van der Waals surface area contributed by atoms with Crippen LogP contribution in [0.15, 0.2) is 33.9 Å². The van der Waals surface area contributed by atoms with Crippen LogP contribution in [0.2, 0.25) is 0 Å². The maximum absolute atomic E-state index is 13.3. The molecule has 3 heterocycles. The van der Waals surface area contributed by atoms with Gasteiger partial charge in [0, 0.05) is 25.8 Å². The Morgan fingerprint density at radius 1 is 1.23 bits per heavy atom. The smallest absolute Gasteiger partial charge is 0.333 e. The fraction of sp³-hybridized carbons (Fsp3) is 0.429. The SMILES string of the molecule is CCOC(=O)Cn1c(=O)c2c(nc3n2CC(C)CN3c2ccccc2C)n(C)c1=O. The van der Waals surface area contributed by atoms with Crippen molar-refractivity contribution in [1.29, 1.82) is 0 Å². The fourth-order valence-corrected chi connectivity index (χ4v) is 4.05. The molecular formula is C21H25N5O4. The summed E-state index contributed by atoms with van der Waals surface area (Å²) >= 11 is 0. The van der Waals surface area contributed by atoms with Crippen molar-refractivity contribution in [3.05, 3.63) is 50.7 Å². The molecule has 0 N–H and O–H groups in total. The first-order valence-corrected chi connectivity index (χ1v) is 10.0. The van der Waals surface area contributed by atoms with Crippen molar-refractivity contribution >= 4 is 28.8 Å². The first-order chi connectivity index (χ1) is 14.3. The summed E-state index contributed by atoms with van der Waals surface area (Å²) in [5.41, 5.74) is 1.62. The van der Waals surface area contributed by atoms with E-state index in [9.17, 15) is 14.4 Å². The van der Waals surface area contributed by atoms with Gasteiger partial charge >= 0.3 is 11.7 Å². The average Bonchev–Trinajstić information content (AvgIpc) is 3.09. The number of ether oxygens (including phenoxy) is 1. The van der Waals surface area contributed by atoms with Gasteiger partial charge in [0.15, 0.2) is 11.2 Å². The molecule has 1 unspecified atom stereocenters. The number of nitrogens with zero attached hydrogens (tertiary/aromatic N) is 5. The molecule has 0 bridgehead atoms. The number of aryl methyl sites for hydroxylation is 2. The molecule has 1 aliphatic rings. The number of carbonyl (C=O) groups excluding carboxylic acids is 1. The predicted molar refractivity (Wildman–Crippen MR) is 113 cm³/mol. The molecule has 1 aromatic carbocycles. The normalized spacial score (nSPS) is 16.0. The number of aromatic nitrogens is 4. The molecule has 2 aromatic heterocycles. The van der Waals surface area contributed by atoms with Crippen molar-refractivity contribution in [2.24, 2.45) is 13.0 Å². The molecule has 0 amide bonds. The van der Waals surface area contributed by atoms with E-state index in [0.717, 1.165) is 22.4 Å². The lowest BCUT2D eigenvalue weighted by atomic mass is 10.1. The fourth-order valence-electron chi connectivity index (χ4n) is 4.05. The number of fused-ring (bicyclic) bond motifs is 3. The first kappa shape index (κ1) is 19.9. The summed E-state index contributed by atoms with van der Waals surface area (Å²) in [7, 11) is 1.56. The number of esters is 1. The van der Waals surface area contributed by atoms with Crippen LogP contribution in [0.1, 0.15) is 19.4 Å². The quantitative estimate of drug-likeness (QED) is 0.605. The van der Waals surface area contributed by atoms with Gasteiger partial charge in [0.1, 0.15) is 6.54 Å². The molecule has 158 valence electrons. The lowest BCUT2D eigenvalue weighted by Crippen LogP contribution is -2.42. The van der Waals surface area contributed by atoms with Crippen molar-refractivity contribution in [2.45, 2.75) is 33.9 Å². The molecule has 3 aromatic rings. The zero-order valence-corrected chi connectivity index (χ0v) is 17.6. The van der Waals surface area contributed by atoms with E-state index >= 15 is 0 Å². The summed E-state index contributed by atoms with van der Waals surface area (Å²) in [5.74, 6) is 0.257. The lowest BCUT2D eigenvalue weighted by Gasteiger charge is -2.33. The third-order valence-corrected chi connectivity index (χ3v) is 5.44. The molecule has 0 saturated heterocycles. The Labute approximate surface area is 173 Å². The van der Waals surface area contributed by atoms with Crippen molar-refractivity contribution in [3.63, 3.8) is 0 Å². The minimum Gasteiger partial charge on any atom is -0.465 e. The third-order valence-electron chi connectivity index (χ3n) is 5.44. The zero-order chi connectivity index (χ0) is 21.6. The highest BCUT2D eigenvalue weighted by molar-refractivity contribution is 5.78. The Kier molecular flexibility index (Phi) is 4.97. The summed E-state index contributed by atoms with van der Waals surface area (Å²) in [6.45, 7) is 6.92. The van der Waals surface area contributed by atoms with Gasteiger partial charge in [-0.25, -0.2) is 9.36 Å². The summed E-state index contributed by atoms with van der Waals surface area (Å²) in [6, 6.07) is 8.00. The molecule has 0 radical (unpaired) electrons. The Morgan fingerprint density at radius 3 is 2.67 bits per heavy atom. The number of hydrogen-bond acceptors (Lipinski definition) is 6. The molecule has 0 aliphatic carbocycles. The summed E-state index contributed by atoms with van der Waals surface area (Å²) in [5, 5.41) is 0. The molecule has 0 spiro atoms. The maximum atomic E-state index is 13.3. The number of anilines is 2. The van der Waals surface area contributed by atoms with Gasteiger partial charge in [0.25, 0.3) is 5.56 Å². The zero-order valence-electron chi connectivity index (χ0n) is 17.6. The number of para-hydroxylation sites is 1. The largest absolute Gasteiger partial charge is 0.465 e. The molecule has 9 nitrogen and oxygen atoms in total. The predicted octanol–water partition coefficient (Wildman–Crippen LogP) is 1.56. The van der Waals surface area contributed by atoms with Crippen molar-refractivity contribution in [3.8, 4) is 0 Å². The monoisotopic (exact) mass is 411 g/mol. The molecule has 1 aliphatic heterocycles. The van der Waals surface area contributed by atoms with Gasteiger partial charge in [-0.05, 0) is 31.4 Å². The van der Waals surface area contributed by atoms with Gasteiger partial charge in [-0.15, -0.1) is 0 Å². The van der Waals surface area contributed by atoms with E-state index in [2.05, 4.69) is 16.8 Å². The van der Waals surface area contributed by atoms with E-state index in [4.69, 9.17) is 4.74 Å². The van der Waals surface area contributed by atoms with Crippen molar-refractivity contribution < 1.29 is 9.53 Å². The van der Waals surface area contributed by atoms with Crippen LogP contribution < -0.4 is 16.1 Å². The first-order valence-electron chi connectivity index (χ1n) is 10.0. The average molecular weight is 411 g/mol. The highest BCUT2D eigenvalue weighted by Crippen LogP contribution is 2.34. The Hall–Kier alpha value is -3.36. The van der Waals surface area contributed by atoms with E-state index in [1.807, 2.05) is 35.8 Å². The molecular weight excluding hydrogens is 386 g/mol. The van der Waals surface area contributed by atoms with Crippen molar-refractivity contribution in [2.75, 3.05) is 18.1 Å². The highest BCUT2D eigenvalue weighted by atomic mass is 16.5. The van der Waals surface area contributed by atoms with Crippen LogP contribution in [-0.2, 0) is 29.7 Å². The summed E-state index contributed by atoms with van der Waals surface area (Å²) in [4.78, 5) is 44.8. The second-order valence-electron chi connectivity index (χ2n) is 7.73. The molecule has 1 atom stereocenters. The minimum absolute atomic E-state index is 0.182. The second-order valence-corrected chi connectivity index (χ2v) is 7.73. The summed E-state index contributed by atoms with van der Waals surface area (Å²) in [6.07, 6.45) is 0. The Bertz CT molecular complexity index is 1250. The highest BCUT2D eigenvalue weighted by Gasteiger charge is 2.30. The van der Waals surface area contributed by atoms with Crippen LogP contribution in [0, 0.1) is 12.8 Å². The van der Waals surface area contributed by atoms with Gasteiger partial charge in [0.2, 0.25) is 5.95 Å². The van der Waals surface area contributed by atoms with Crippen LogP contribution >= 0.6 is 0 Å². The third kappa shape index (κ3) is 3.10.